The highest BCUT2D eigenvalue weighted by Gasteiger charge is 2.52. The fourth-order valence-corrected chi connectivity index (χ4v) is 7.96. The van der Waals surface area contributed by atoms with E-state index in [-0.39, 0.29) is 45.2 Å². The maximum Gasteiger partial charge on any atom is 0.397 e. The molecule has 20 heteroatoms. The number of unbranched alkanes of at least 4 members (excludes halogenated alkanes) is 14. The Morgan fingerprint density at radius 3 is 2.19 bits per heavy atom. The first kappa shape index (κ1) is 52.6. The molecule has 340 valence electrons. The van der Waals surface area contributed by atoms with Gasteiger partial charge in [-0.2, -0.15) is 8.42 Å². The summed E-state index contributed by atoms with van der Waals surface area (Å²) in [7, 11) is -9.10. The van der Waals surface area contributed by atoms with Crippen LogP contribution in [0.2, 0.25) is 0 Å². The van der Waals surface area contributed by atoms with Crippen LogP contribution >= 0.6 is 7.82 Å². The van der Waals surface area contributed by atoms with E-state index in [0.717, 1.165) is 64.2 Å². The standard InChI is InChI=1S/C38H71N2O16PS/c1-31(41)50-29-33(30-52-57(44,45)51-26-24-39)54-36(43)20-16-12-10-11-15-19-35-37-34(42)21-23-38(55-35,56-37)22-17-13-8-6-4-2-3-5-7-9-14-18-25-49-27-32(40)28-53-58(46,47)48/h16,20,32-35,37,42H,2-15,17-19,21-30,39-40H2,1H3,(H,44,45)(H,46,47,48)/b20-16+/t32-,33-,34-,35-,37+,38+/m1/s1. The van der Waals surface area contributed by atoms with Gasteiger partial charge in [-0.1, -0.05) is 83.1 Å². The van der Waals surface area contributed by atoms with Crippen molar-refractivity contribution in [1.29, 1.82) is 0 Å². The third-order valence-electron chi connectivity index (χ3n) is 9.82. The van der Waals surface area contributed by atoms with Crippen LogP contribution in [0.3, 0.4) is 0 Å². The van der Waals surface area contributed by atoms with Gasteiger partial charge in [-0.25, -0.2) is 8.98 Å². The number of aliphatic hydroxyl groups is 1. The normalized spacial score (nSPS) is 22.8. The minimum absolute atomic E-state index is 0.145. The molecule has 0 spiro atoms. The van der Waals surface area contributed by atoms with Gasteiger partial charge in [0.05, 0.1) is 44.6 Å². The van der Waals surface area contributed by atoms with Crippen LogP contribution in [-0.4, -0.2) is 112 Å². The van der Waals surface area contributed by atoms with Crippen LogP contribution < -0.4 is 16.4 Å². The first-order valence-electron chi connectivity index (χ1n) is 21.0. The van der Waals surface area contributed by atoms with Crippen LogP contribution in [0, 0.1) is 0 Å². The van der Waals surface area contributed by atoms with Crippen LogP contribution in [0.5, 0.6) is 0 Å². The van der Waals surface area contributed by atoms with Crippen LogP contribution in [0.25, 0.3) is 0 Å². The second-order valence-corrected chi connectivity index (χ2v) is 17.6. The third-order valence-corrected chi connectivity index (χ3v) is 11.2. The molecule has 2 aliphatic rings. The molecule has 2 heterocycles. The van der Waals surface area contributed by atoms with Crippen molar-refractivity contribution in [3.8, 4) is 0 Å². The predicted octanol–water partition coefficient (Wildman–Crippen LogP) is 3.58. The summed E-state index contributed by atoms with van der Waals surface area (Å²) in [5.41, 5.74) is 9.17. The average Bonchev–Trinajstić information content (AvgIpc) is 3.47. The van der Waals surface area contributed by atoms with Gasteiger partial charge >= 0.3 is 22.3 Å². The highest BCUT2D eigenvalue weighted by molar-refractivity contribution is 7.80. The molecule has 0 aromatic rings. The molecule has 0 aromatic heterocycles. The summed E-state index contributed by atoms with van der Waals surface area (Å²) in [6, 6.07) is -0.608. The number of phosphoric ester groups is 1. The van der Waals surface area contributed by atoms with Crippen LogP contribution in [0.1, 0.15) is 135 Å². The predicted molar refractivity (Wildman–Crippen MR) is 210 cm³/mol. The van der Waals surface area contributed by atoms with Crippen molar-refractivity contribution in [2.24, 2.45) is 5.73 Å². The lowest BCUT2D eigenvalue weighted by Gasteiger charge is -2.33. The molecule has 58 heavy (non-hydrogen) atoms. The Hall–Kier alpha value is -1.58. The fourth-order valence-electron chi connectivity index (χ4n) is 6.84. The summed E-state index contributed by atoms with van der Waals surface area (Å²) in [4.78, 5) is 35.3. The smallest absolute Gasteiger partial charge is 0.397 e. The van der Waals surface area contributed by atoms with Crippen molar-refractivity contribution < 1.29 is 79.8 Å². The number of aliphatic hydroxyl groups excluding tert-OH is 1. The minimum atomic E-state index is -4.62. The number of fused-ring (bicyclic) bond motifs is 2. The molecule has 0 aliphatic carbocycles. The maximum absolute atomic E-state index is 12.3. The number of hydrogen-bond acceptors (Lipinski definition) is 16. The summed E-state index contributed by atoms with van der Waals surface area (Å²) >= 11 is 0. The monoisotopic (exact) mass is 874 g/mol. The van der Waals surface area contributed by atoms with E-state index >= 15 is 0 Å². The lowest BCUT2D eigenvalue weighted by Crippen LogP contribution is -2.52. The summed E-state index contributed by atoms with van der Waals surface area (Å²) in [5.74, 6) is -1.94. The number of rotatable bonds is 36. The lowest BCUT2D eigenvalue weighted by atomic mass is 9.94. The van der Waals surface area contributed by atoms with E-state index in [1.54, 1.807) is 6.08 Å². The average molecular weight is 875 g/mol. The molecule has 0 amide bonds. The molecule has 2 bridgehead atoms. The van der Waals surface area contributed by atoms with Gasteiger partial charge in [0, 0.05) is 32.4 Å². The van der Waals surface area contributed by atoms with E-state index in [9.17, 15) is 32.6 Å². The summed E-state index contributed by atoms with van der Waals surface area (Å²) in [6.45, 7) is 0.738. The zero-order valence-corrected chi connectivity index (χ0v) is 36.1. The Balaban J connectivity index is 1.51. The largest absolute Gasteiger partial charge is 0.756 e. The van der Waals surface area contributed by atoms with Crippen molar-refractivity contribution in [1.82, 2.24) is 0 Å². The molecule has 0 saturated carbocycles. The number of hydrogen-bond donors (Lipinski definition) is 4. The zero-order chi connectivity index (χ0) is 42.7. The third kappa shape index (κ3) is 25.3. The van der Waals surface area contributed by atoms with E-state index in [1.165, 1.54) is 57.9 Å². The van der Waals surface area contributed by atoms with E-state index in [0.29, 0.717) is 25.9 Å². The van der Waals surface area contributed by atoms with Crippen LogP contribution in [0.15, 0.2) is 12.2 Å². The quantitative estimate of drug-likeness (QED) is 0.0230. The number of ether oxygens (including phenoxy) is 5. The van der Waals surface area contributed by atoms with E-state index in [1.807, 2.05) is 0 Å². The minimum Gasteiger partial charge on any atom is -0.756 e. The highest BCUT2D eigenvalue weighted by Crippen LogP contribution is 2.44. The molecular weight excluding hydrogens is 803 g/mol. The van der Waals surface area contributed by atoms with Gasteiger partial charge in [-0.3, -0.25) is 13.9 Å². The number of carbonyl (C=O) groups excluding carboxylic acids is 2. The number of nitrogens with two attached hydrogens (primary N) is 1. The molecule has 2 fully saturated rings. The Labute approximate surface area is 344 Å². The highest BCUT2D eigenvalue weighted by atomic mass is 32.3. The van der Waals surface area contributed by atoms with Crippen molar-refractivity contribution in [2.75, 3.05) is 46.2 Å². The summed E-state index contributed by atoms with van der Waals surface area (Å²) in [6.07, 6.45) is 20.8. The van der Waals surface area contributed by atoms with Gasteiger partial charge in [0.2, 0.25) is 0 Å². The Bertz CT molecular complexity index is 1330. The van der Waals surface area contributed by atoms with Crippen molar-refractivity contribution in [3.05, 3.63) is 12.2 Å². The second-order valence-electron chi connectivity index (χ2n) is 15.1. The van der Waals surface area contributed by atoms with Crippen molar-refractivity contribution >= 4 is 30.2 Å². The van der Waals surface area contributed by atoms with E-state index < -0.39 is 60.8 Å². The molecule has 7 N–H and O–H groups in total. The van der Waals surface area contributed by atoms with Gasteiger partial charge < -0.3 is 54.2 Å². The topological polar surface area (TPSA) is 276 Å². The van der Waals surface area contributed by atoms with Gasteiger partial charge in [0.15, 0.2) is 11.9 Å². The van der Waals surface area contributed by atoms with Crippen LogP contribution in [0.4, 0.5) is 0 Å². The fraction of sp³-hybridized carbons (Fsp3) is 0.895. The number of allylic oxidation sites excluding steroid dienone is 1. The molecule has 2 saturated heterocycles. The molecule has 2 aliphatic heterocycles. The summed E-state index contributed by atoms with van der Waals surface area (Å²) in [5, 5.41) is 10.6. The zero-order valence-electron chi connectivity index (χ0n) is 34.4. The lowest BCUT2D eigenvalue weighted by molar-refractivity contribution is -0.373. The molecule has 7 atom stereocenters. The molecule has 2 rings (SSSR count). The number of carbonyl (C=O) groups is 2. The number of phosphoric acid groups is 1. The molecule has 0 aromatic carbocycles. The molecule has 0 radical (unpaired) electrons. The Morgan fingerprint density at radius 2 is 1.55 bits per heavy atom. The molecule has 1 unspecified atom stereocenters. The maximum atomic E-state index is 12.3. The van der Waals surface area contributed by atoms with Crippen LogP contribution in [-0.2, 0) is 61.5 Å². The Kier molecular flexibility index (Phi) is 26.9. The van der Waals surface area contributed by atoms with Gasteiger partial charge in [-0.05, 0) is 38.5 Å². The van der Waals surface area contributed by atoms with Gasteiger partial charge in [-0.15, -0.1) is 0 Å². The SMILES string of the molecule is CC(=O)OC[C@H](COP(=O)([O-])OCC[NH3+])OC(=O)/C=C/CCCCC[C@H]1O[C@]2(CCCCCCCCCCCCCCOC[C@@H](N)COS(=O)(=O)O)CC[C@@H](O)[C@@H]1O2. The number of quaternary nitrogens is 1. The van der Waals surface area contributed by atoms with Gasteiger partial charge in [0.1, 0.15) is 19.3 Å². The van der Waals surface area contributed by atoms with E-state index in [4.69, 9.17) is 38.5 Å². The second kappa shape index (κ2) is 29.6. The first-order chi connectivity index (χ1) is 27.6. The first-order valence-corrected chi connectivity index (χ1v) is 23.8. The molecular formula is C38H71N2O16PS. The summed E-state index contributed by atoms with van der Waals surface area (Å²) < 4.78 is 83.4. The Morgan fingerprint density at radius 1 is 0.914 bits per heavy atom. The van der Waals surface area contributed by atoms with Crippen molar-refractivity contribution in [2.45, 2.75) is 172 Å². The number of esters is 2. The van der Waals surface area contributed by atoms with E-state index in [2.05, 4.69) is 14.4 Å². The van der Waals surface area contributed by atoms with Gasteiger partial charge in [0.25, 0.3) is 7.82 Å². The molecule has 18 nitrogen and oxygen atoms in total. The van der Waals surface area contributed by atoms with Crippen molar-refractivity contribution in [3.63, 3.8) is 0 Å².